The summed E-state index contributed by atoms with van der Waals surface area (Å²) in [6.07, 6.45) is 13.6. The minimum Gasteiger partial charge on any atom is -0.462 e. The molecule has 0 saturated carbocycles. The number of benzene rings is 1. The minimum absolute atomic E-state index is 0.0567. The normalized spacial score (nSPS) is 12.8. The second kappa shape index (κ2) is 13.5. The van der Waals surface area contributed by atoms with E-state index in [0.29, 0.717) is 23.0 Å². The molecule has 0 spiro atoms. The zero-order chi connectivity index (χ0) is 24.2. The smallest absolute Gasteiger partial charge is 0.170 e. The van der Waals surface area contributed by atoms with E-state index in [0.717, 1.165) is 43.1 Å². The Morgan fingerprint density at radius 1 is 1.06 bits per heavy atom. The van der Waals surface area contributed by atoms with Gasteiger partial charge in [-0.3, -0.25) is 4.79 Å². The fourth-order valence-corrected chi connectivity index (χ4v) is 3.85. The number of ether oxygens (including phenoxy) is 1. The van der Waals surface area contributed by atoms with E-state index in [9.17, 15) is 9.70 Å². The molecule has 0 fully saturated rings. The van der Waals surface area contributed by atoms with Crippen LogP contribution in [0.25, 0.3) is 12.2 Å². The second-order valence-electron chi connectivity index (χ2n) is 8.29. The van der Waals surface area contributed by atoms with Crippen LogP contribution in [0, 0.1) is 11.8 Å². The van der Waals surface area contributed by atoms with E-state index in [2.05, 4.69) is 43.1 Å². The van der Waals surface area contributed by atoms with Crippen LogP contribution in [0.5, 0.6) is 5.75 Å². The van der Waals surface area contributed by atoms with Gasteiger partial charge in [0.05, 0.1) is 0 Å². The third-order valence-electron chi connectivity index (χ3n) is 5.57. The minimum atomic E-state index is 0.0567. The fraction of sp³-hybridized carbons (Fsp3) is 0.429. The average Bonchev–Trinajstić information content (AvgIpc) is 2.81. The Balaban J connectivity index is 2.47. The van der Waals surface area contributed by atoms with Crippen LogP contribution in [0.1, 0.15) is 87.1 Å². The summed E-state index contributed by atoms with van der Waals surface area (Å²) < 4.78 is 6.09. The summed E-state index contributed by atoms with van der Waals surface area (Å²) in [7, 11) is 0. The lowest BCUT2D eigenvalue weighted by atomic mass is 9.98. The highest BCUT2D eigenvalue weighted by Gasteiger charge is 2.10. The summed E-state index contributed by atoms with van der Waals surface area (Å²) >= 11 is 0. The van der Waals surface area contributed by atoms with Crippen molar-refractivity contribution in [2.75, 3.05) is 0 Å². The van der Waals surface area contributed by atoms with E-state index < -0.39 is 0 Å². The molecule has 1 aromatic carbocycles. The highest BCUT2D eigenvalue weighted by molar-refractivity contribution is 5.81. The number of aryl methyl sites for hydroxylation is 3. The number of allylic oxidation sites excluding steroid dienone is 2. The van der Waals surface area contributed by atoms with Crippen molar-refractivity contribution in [1.29, 1.82) is 0 Å². The third kappa shape index (κ3) is 7.21. The standard InChI is InChI=1S/C28H36N2O3/c1-6-9-12-22-15-16-24(18-23(22)11-8-3)33-20(4)14-17-26-25(13-10-7-2)21(5)29-27(19-31)28(26)30-32/h13-19H,6-12H2,1-5H3/b20-14+,25-13+,26-17+. The first-order valence-corrected chi connectivity index (χ1v) is 12.0. The largest absolute Gasteiger partial charge is 0.462 e. The van der Waals surface area contributed by atoms with Crippen LogP contribution in [0.2, 0.25) is 0 Å². The molecule has 0 aliphatic rings. The molecular formula is C28H36N2O3. The molecule has 1 aromatic heterocycles. The molecule has 2 aromatic rings. The maximum Gasteiger partial charge on any atom is 0.170 e. The highest BCUT2D eigenvalue weighted by Crippen LogP contribution is 2.23. The number of rotatable bonds is 12. The number of pyridine rings is 1. The zero-order valence-electron chi connectivity index (χ0n) is 20.6. The van der Waals surface area contributed by atoms with E-state index in [1.807, 2.05) is 32.1 Å². The van der Waals surface area contributed by atoms with E-state index >= 15 is 0 Å². The van der Waals surface area contributed by atoms with Gasteiger partial charge in [-0.1, -0.05) is 52.2 Å². The van der Waals surface area contributed by atoms with Gasteiger partial charge in [0.1, 0.15) is 22.9 Å². The van der Waals surface area contributed by atoms with E-state index in [1.54, 1.807) is 6.08 Å². The van der Waals surface area contributed by atoms with Gasteiger partial charge in [0.2, 0.25) is 0 Å². The number of hydrogen-bond donors (Lipinski definition) is 0. The summed E-state index contributed by atoms with van der Waals surface area (Å²) in [6.45, 7) is 10.2. The van der Waals surface area contributed by atoms with Crippen LogP contribution in [0.3, 0.4) is 0 Å². The Morgan fingerprint density at radius 2 is 1.85 bits per heavy atom. The van der Waals surface area contributed by atoms with Crippen molar-refractivity contribution in [2.45, 2.75) is 79.6 Å². The lowest BCUT2D eigenvalue weighted by Crippen LogP contribution is -2.30. The summed E-state index contributed by atoms with van der Waals surface area (Å²) in [4.78, 5) is 27.3. The predicted molar refractivity (Wildman–Crippen MR) is 136 cm³/mol. The van der Waals surface area contributed by atoms with Gasteiger partial charge in [-0.05, 0) is 80.1 Å². The molecule has 5 nitrogen and oxygen atoms in total. The lowest BCUT2D eigenvalue weighted by Gasteiger charge is -2.12. The van der Waals surface area contributed by atoms with Crippen LogP contribution in [-0.2, 0) is 12.8 Å². The second-order valence-corrected chi connectivity index (χ2v) is 8.29. The first kappa shape index (κ1) is 26.2. The first-order chi connectivity index (χ1) is 16.0. The van der Waals surface area contributed by atoms with Crippen molar-refractivity contribution in [2.24, 2.45) is 5.18 Å². The molecule has 2 rings (SSSR count). The number of nitroso groups, excluding NO2 is 1. The number of aromatic nitrogens is 1. The molecule has 0 unspecified atom stereocenters. The van der Waals surface area contributed by atoms with Crippen molar-refractivity contribution < 1.29 is 9.53 Å². The Bertz CT molecular complexity index is 1120. The third-order valence-corrected chi connectivity index (χ3v) is 5.57. The Hall–Kier alpha value is -3.08. The van der Waals surface area contributed by atoms with Gasteiger partial charge in [-0.15, -0.1) is 4.91 Å². The summed E-state index contributed by atoms with van der Waals surface area (Å²) in [5.74, 6) is 1.48. The maximum absolute atomic E-state index is 11.6. The molecule has 33 heavy (non-hydrogen) atoms. The van der Waals surface area contributed by atoms with Gasteiger partial charge in [-0.25, -0.2) is 4.98 Å². The number of nitrogens with zero attached hydrogens (tertiary/aromatic N) is 2. The molecule has 0 atom stereocenters. The zero-order valence-corrected chi connectivity index (χ0v) is 20.6. The average molecular weight is 449 g/mol. The van der Waals surface area contributed by atoms with E-state index in [1.165, 1.54) is 24.0 Å². The van der Waals surface area contributed by atoms with Crippen LogP contribution in [-0.4, -0.2) is 11.3 Å². The molecule has 1 heterocycles. The molecular weight excluding hydrogens is 412 g/mol. The van der Waals surface area contributed by atoms with Crippen molar-refractivity contribution in [3.8, 4) is 5.75 Å². The molecule has 0 bridgehead atoms. The van der Waals surface area contributed by atoms with Gasteiger partial charge in [0.15, 0.2) is 6.29 Å². The summed E-state index contributed by atoms with van der Waals surface area (Å²) in [6, 6.07) is 6.31. The van der Waals surface area contributed by atoms with E-state index in [4.69, 9.17) is 4.74 Å². The van der Waals surface area contributed by atoms with Crippen LogP contribution in [0.4, 0.5) is 5.69 Å². The maximum atomic E-state index is 11.6. The molecule has 0 N–H and O–H groups in total. The topological polar surface area (TPSA) is 68.6 Å². The molecule has 0 aliphatic heterocycles. The monoisotopic (exact) mass is 448 g/mol. The Labute approximate surface area is 197 Å². The van der Waals surface area contributed by atoms with Crippen molar-refractivity contribution >= 4 is 24.1 Å². The number of carbonyl (C=O) groups is 1. The fourth-order valence-electron chi connectivity index (χ4n) is 3.85. The quantitative estimate of drug-likeness (QED) is 0.219. The van der Waals surface area contributed by atoms with Gasteiger partial charge in [0, 0.05) is 16.1 Å². The molecule has 0 amide bonds. The van der Waals surface area contributed by atoms with Gasteiger partial charge in [-0.2, -0.15) is 0 Å². The SMILES string of the molecule is CCC\C=c1/c(C)nc(C=O)c(N=O)/c1=C/C=C(\C)Oc1ccc(CCCC)c(CCC)c1. The van der Waals surface area contributed by atoms with E-state index in [-0.39, 0.29) is 11.4 Å². The Kier molecular flexibility index (Phi) is 10.7. The van der Waals surface area contributed by atoms with Crippen molar-refractivity contribution in [1.82, 2.24) is 4.98 Å². The predicted octanol–water partition coefficient (Wildman–Crippen LogP) is 6.24. The van der Waals surface area contributed by atoms with Gasteiger partial charge >= 0.3 is 0 Å². The number of carbonyl (C=O) groups excluding carboxylic acids is 1. The van der Waals surface area contributed by atoms with Gasteiger partial charge in [0.25, 0.3) is 0 Å². The molecule has 5 heteroatoms. The number of unbranched alkanes of at least 4 members (excludes halogenated alkanes) is 2. The van der Waals surface area contributed by atoms with Gasteiger partial charge < -0.3 is 4.74 Å². The molecule has 0 radical (unpaired) electrons. The van der Waals surface area contributed by atoms with Crippen molar-refractivity contribution in [3.05, 3.63) is 67.9 Å². The molecule has 0 saturated heterocycles. The highest BCUT2D eigenvalue weighted by atomic mass is 16.5. The van der Waals surface area contributed by atoms with Crippen LogP contribution >= 0.6 is 0 Å². The lowest BCUT2D eigenvalue weighted by molar-refractivity contribution is 0.111. The van der Waals surface area contributed by atoms with Crippen molar-refractivity contribution in [3.63, 3.8) is 0 Å². The Morgan fingerprint density at radius 3 is 2.48 bits per heavy atom. The summed E-state index contributed by atoms with van der Waals surface area (Å²) in [5.41, 5.74) is 3.55. The first-order valence-electron chi connectivity index (χ1n) is 12.0. The molecule has 176 valence electrons. The van der Waals surface area contributed by atoms with Crippen LogP contribution in [0.15, 0.2) is 35.2 Å². The number of hydrogen-bond acceptors (Lipinski definition) is 5. The molecule has 0 aliphatic carbocycles. The summed E-state index contributed by atoms with van der Waals surface area (Å²) in [5, 5.41) is 4.53. The van der Waals surface area contributed by atoms with Crippen LogP contribution < -0.4 is 15.2 Å². The number of aldehydes is 1.